The molecule has 0 heterocycles. The number of ether oxygens (including phenoxy) is 1. The van der Waals surface area contributed by atoms with Crippen molar-refractivity contribution in [3.8, 4) is 0 Å². The van der Waals surface area contributed by atoms with Gasteiger partial charge in [0.25, 0.3) is 0 Å². The fourth-order valence-electron chi connectivity index (χ4n) is 1.49. The maximum Gasteiger partial charge on any atom is 0.332 e. The minimum atomic E-state index is -1.59. The third-order valence-electron chi connectivity index (χ3n) is 2.74. The molecule has 0 saturated carbocycles. The van der Waals surface area contributed by atoms with Crippen LogP contribution in [0.2, 0.25) is 0 Å². The zero-order valence-electron chi connectivity index (χ0n) is 13.2. The van der Waals surface area contributed by atoms with Gasteiger partial charge in [-0.05, 0) is 32.4 Å². The minimum Gasteiger partial charge on any atom is -0.466 e. The fraction of sp³-hybridized carbons (Fsp3) is 0.400. The van der Waals surface area contributed by atoms with E-state index in [0.29, 0.717) is 12.1 Å². The standard InChI is InChI=1S/C15H18F3NO3S/c1-15(2,3)23(21)19-10(7-14(20)22-4)5-9-6-12(17)13(18)8-11(9)16/h6-8,19H,5H2,1-4H3/b10-7-. The molecule has 1 aromatic carbocycles. The van der Waals surface area contributed by atoms with Crippen molar-refractivity contribution >= 4 is 17.0 Å². The lowest BCUT2D eigenvalue weighted by Crippen LogP contribution is -2.33. The Morgan fingerprint density at radius 1 is 1.22 bits per heavy atom. The highest BCUT2D eigenvalue weighted by Gasteiger charge is 2.21. The van der Waals surface area contributed by atoms with Gasteiger partial charge in [-0.25, -0.2) is 22.2 Å². The van der Waals surface area contributed by atoms with Crippen LogP contribution in [-0.4, -0.2) is 22.0 Å². The first kappa shape index (κ1) is 19.2. The van der Waals surface area contributed by atoms with Crippen molar-refractivity contribution < 1.29 is 26.9 Å². The van der Waals surface area contributed by atoms with E-state index >= 15 is 0 Å². The summed E-state index contributed by atoms with van der Waals surface area (Å²) in [6.45, 7) is 5.10. The number of esters is 1. The van der Waals surface area contributed by atoms with E-state index in [1.54, 1.807) is 20.8 Å². The Labute approximate surface area is 135 Å². The largest absolute Gasteiger partial charge is 0.466 e. The molecule has 0 aliphatic carbocycles. The summed E-state index contributed by atoms with van der Waals surface area (Å²) in [5, 5.41) is 0. The molecule has 4 nitrogen and oxygen atoms in total. The maximum absolute atomic E-state index is 13.7. The van der Waals surface area contributed by atoms with E-state index in [-0.39, 0.29) is 17.7 Å². The molecule has 23 heavy (non-hydrogen) atoms. The highest BCUT2D eigenvalue weighted by molar-refractivity contribution is 7.84. The van der Waals surface area contributed by atoms with Crippen molar-refractivity contribution in [2.75, 3.05) is 7.11 Å². The lowest BCUT2D eigenvalue weighted by atomic mass is 10.1. The van der Waals surface area contributed by atoms with E-state index in [1.807, 2.05) is 0 Å². The molecule has 0 aromatic heterocycles. The van der Waals surface area contributed by atoms with Crippen molar-refractivity contribution in [3.63, 3.8) is 0 Å². The Balaban J connectivity index is 3.12. The van der Waals surface area contributed by atoms with Gasteiger partial charge in [0, 0.05) is 24.3 Å². The van der Waals surface area contributed by atoms with E-state index in [2.05, 4.69) is 9.46 Å². The molecule has 1 unspecified atom stereocenters. The van der Waals surface area contributed by atoms with Crippen molar-refractivity contribution in [1.82, 2.24) is 4.72 Å². The van der Waals surface area contributed by atoms with Gasteiger partial charge in [0.1, 0.15) is 16.8 Å². The molecule has 1 aromatic rings. The number of methoxy groups -OCH3 is 1. The third kappa shape index (κ3) is 5.70. The monoisotopic (exact) mass is 349 g/mol. The van der Waals surface area contributed by atoms with Crippen LogP contribution in [0.4, 0.5) is 13.2 Å². The number of allylic oxidation sites excluding steroid dienone is 1. The number of hydrogen-bond donors (Lipinski definition) is 1. The summed E-state index contributed by atoms with van der Waals surface area (Å²) in [6, 6.07) is 1.11. The molecular weight excluding hydrogens is 331 g/mol. The molecule has 1 rings (SSSR count). The first-order valence-electron chi connectivity index (χ1n) is 6.65. The molecule has 0 fully saturated rings. The topological polar surface area (TPSA) is 55.4 Å². The molecule has 0 aliphatic rings. The predicted molar refractivity (Wildman–Crippen MR) is 81.2 cm³/mol. The first-order valence-corrected chi connectivity index (χ1v) is 7.80. The zero-order valence-corrected chi connectivity index (χ0v) is 14.0. The number of carbonyl (C=O) groups excluding carboxylic acids is 1. The van der Waals surface area contributed by atoms with Gasteiger partial charge in [-0.3, -0.25) is 0 Å². The van der Waals surface area contributed by atoms with Gasteiger partial charge in [0.05, 0.1) is 11.9 Å². The van der Waals surface area contributed by atoms with Gasteiger partial charge in [-0.1, -0.05) is 0 Å². The molecule has 0 amide bonds. The van der Waals surface area contributed by atoms with Crippen molar-refractivity contribution in [1.29, 1.82) is 0 Å². The average Bonchev–Trinajstić information content (AvgIpc) is 2.43. The number of benzene rings is 1. The molecular formula is C15H18F3NO3S. The van der Waals surface area contributed by atoms with Crippen molar-refractivity contribution in [2.24, 2.45) is 0 Å². The van der Waals surface area contributed by atoms with E-state index < -0.39 is 39.2 Å². The van der Waals surface area contributed by atoms with E-state index in [9.17, 15) is 22.2 Å². The Morgan fingerprint density at radius 3 is 2.30 bits per heavy atom. The lowest BCUT2D eigenvalue weighted by Gasteiger charge is -2.20. The SMILES string of the molecule is COC(=O)/C=C(/Cc1cc(F)c(F)cc1F)NS(=O)C(C)(C)C. The van der Waals surface area contributed by atoms with Gasteiger partial charge in [0.15, 0.2) is 11.6 Å². The second kappa shape index (κ2) is 7.63. The Morgan fingerprint density at radius 2 is 1.78 bits per heavy atom. The number of carbonyl (C=O) groups is 1. The normalized spacial score (nSPS) is 13.6. The third-order valence-corrected chi connectivity index (χ3v) is 4.30. The van der Waals surface area contributed by atoms with Gasteiger partial charge in [-0.2, -0.15) is 0 Å². The minimum absolute atomic E-state index is 0.0648. The van der Waals surface area contributed by atoms with Gasteiger partial charge >= 0.3 is 5.97 Å². The predicted octanol–water partition coefficient (Wildman–Crippen LogP) is 2.76. The van der Waals surface area contributed by atoms with Crippen LogP contribution in [0.1, 0.15) is 26.3 Å². The summed E-state index contributed by atoms with van der Waals surface area (Å²) in [5.41, 5.74) is -0.118. The summed E-state index contributed by atoms with van der Waals surface area (Å²) >= 11 is 0. The molecule has 128 valence electrons. The van der Waals surface area contributed by atoms with Crippen LogP contribution in [-0.2, 0) is 26.9 Å². The molecule has 0 spiro atoms. The highest BCUT2D eigenvalue weighted by Crippen LogP contribution is 2.18. The Hall–Kier alpha value is -1.83. The fourth-order valence-corrected chi connectivity index (χ4v) is 2.17. The van der Waals surface area contributed by atoms with Crippen LogP contribution in [0.3, 0.4) is 0 Å². The summed E-state index contributed by atoms with van der Waals surface area (Å²) in [5.74, 6) is -4.24. The van der Waals surface area contributed by atoms with Crippen LogP contribution in [0, 0.1) is 17.5 Å². The second-order valence-corrected chi connectivity index (χ2v) is 7.68. The van der Waals surface area contributed by atoms with Crippen LogP contribution in [0.25, 0.3) is 0 Å². The number of rotatable bonds is 5. The lowest BCUT2D eigenvalue weighted by molar-refractivity contribution is -0.134. The van der Waals surface area contributed by atoms with Crippen molar-refractivity contribution in [3.05, 3.63) is 46.9 Å². The summed E-state index contributed by atoms with van der Waals surface area (Å²) < 4.78 is 58.5. The summed E-state index contributed by atoms with van der Waals surface area (Å²) in [4.78, 5) is 11.4. The summed E-state index contributed by atoms with van der Waals surface area (Å²) in [6.07, 6.45) is 0.713. The smallest absolute Gasteiger partial charge is 0.332 e. The molecule has 0 radical (unpaired) electrons. The zero-order chi connectivity index (χ0) is 17.8. The number of nitrogens with one attached hydrogen (secondary N) is 1. The van der Waals surface area contributed by atoms with E-state index in [1.165, 1.54) is 0 Å². The molecule has 0 aliphatic heterocycles. The van der Waals surface area contributed by atoms with Crippen LogP contribution in [0.5, 0.6) is 0 Å². The Bertz CT molecular complexity index is 654. The second-order valence-electron chi connectivity index (χ2n) is 5.71. The first-order chi connectivity index (χ1) is 10.5. The van der Waals surface area contributed by atoms with Crippen LogP contribution < -0.4 is 4.72 Å². The molecule has 1 N–H and O–H groups in total. The molecule has 1 atom stereocenters. The van der Waals surface area contributed by atoms with E-state index in [4.69, 9.17) is 0 Å². The van der Waals surface area contributed by atoms with Gasteiger partial charge in [-0.15, -0.1) is 0 Å². The summed E-state index contributed by atoms with van der Waals surface area (Å²) in [7, 11) is -0.444. The quantitative estimate of drug-likeness (QED) is 0.505. The number of halogens is 3. The average molecular weight is 349 g/mol. The molecule has 0 bridgehead atoms. The van der Waals surface area contributed by atoms with Gasteiger partial charge < -0.3 is 9.46 Å². The van der Waals surface area contributed by atoms with Crippen molar-refractivity contribution in [2.45, 2.75) is 31.9 Å². The molecule has 8 heteroatoms. The molecule has 0 saturated heterocycles. The van der Waals surface area contributed by atoms with Crippen LogP contribution >= 0.6 is 0 Å². The van der Waals surface area contributed by atoms with Crippen LogP contribution in [0.15, 0.2) is 23.9 Å². The maximum atomic E-state index is 13.7. The Kier molecular flexibility index (Phi) is 6.37. The van der Waals surface area contributed by atoms with Gasteiger partial charge in [0.2, 0.25) is 0 Å². The number of hydrogen-bond acceptors (Lipinski definition) is 3. The highest BCUT2D eigenvalue weighted by atomic mass is 32.2. The van der Waals surface area contributed by atoms with E-state index in [0.717, 1.165) is 13.2 Å².